The molecule has 5 nitrogen and oxygen atoms in total. The van der Waals surface area contributed by atoms with Crippen LogP contribution in [-0.2, 0) is 0 Å². The van der Waals surface area contributed by atoms with Crippen LogP contribution >= 0.6 is 0 Å². The summed E-state index contributed by atoms with van der Waals surface area (Å²) in [6.45, 7) is 4.22. The molecule has 0 radical (unpaired) electrons. The second kappa shape index (κ2) is 7.86. The van der Waals surface area contributed by atoms with Crippen molar-refractivity contribution in [2.75, 3.05) is 38.1 Å². The molecular weight excluding hydrogens is 391 g/mol. The average molecular weight is 412 g/mol. The van der Waals surface area contributed by atoms with Gasteiger partial charge in [0.05, 0.1) is 11.6 Å². The number of benzene rings is 2. The van der Waals surface area contributed by atoms with Gasteiger partial charge in [-0.25, -0.2) is 4.39 Å². The Balaban J connectivity index is 1.44. The molecule has 4 aromatic rings. The van der Waals surface area contributed by atoms with Gasteiger partial charge in [-0.05, 0) is 54.6 Å². The first kappa shape index (κ1) is 19.3. The van der Waals surface area contributed by atoms with Crippen LogP contribution in [-0.4, -0.2) is 43.1 Å². The first-order valence-corrected chi connectivity index (χ1v) is 10.2. The molecule has 5 rings (SSSR count). The van der Waals surface area contributed by atoms with Crippen molar-refractivity contribution in [3.63, 3.8) is 0 Å². The van der Waals surface area contributed by atoms with Crippen molar-refractivity contribution in [2.24, 2.45) is 0 Å². The number of piperazine rings is 1. The van der Waals surface area contributed by atoms with Crippen molar-refractivity contribution >= 4 is 16.8 Å². The summed E-state index contributed by atoms with van der Waals surface area (Å²) in [6, 6.07) is 16.7. The monoisotopic (exact) mass is 412 g/mol. The van der Waals surface area contributed by atoms with Gasteiger partial charge in [0, 0.05) is 49.2 Å². The molecule has 31 heavy (non-hydrogen) atoms. The van der Waals surface area contributed by atoms with Gasteiger partial charge in [-0.15, -0.1) is 0 Å². The van der Waals surface area contributed by atoms with E-state index in [1.165, 1.54) is 17.8 Å². The summed E-state index contributed by atoms with van der Waals surface area (Å²) in [5, 5.41) is 9.11. The number of hydrogen-bond donors (Lipinski definition) is 0. The minimum absolute atomic E-state index is 0.265. The minimum atomic E-state index is -0.458. The number of hydrogen-bond acceptors (Lipinski definition) is 5. The summed E-state index contributed by atoms with van der Waals surface area (Å²) < 4.78 is 19.6. The van der Waals surface area contributed by atoms with Gasteiger partial charge in [0.2, 0.25) is 0 Å². The summed E-state index contributed by atoms with van der Waals surface area (Å²) in [5.41, 5.74) is 6.02. The highest BCUT2D eigenvalue weighted by atomic mass is 19.1. The number of halogens is 1. The molecule has 1 saturated heterocycles. The predicted molar refractivity (Wildman–Crippen MR) is 119 cm³/mol. The van der Waals surface area contributed by atoms with E-state index in [4.69, 9.17) is 9.68 Å². The van der Waals surface area contributed by atoms with E-state index in [0.29, 0.717) is 22.2 Å². The normalized spacial score (nSPS) is 14.7. The fraction of sp³-hybridized carbons (Fsp3) is 0.200. The number of pyridine rings is 1. The number of rotatable bonds is 3. The van der Waals surface area contributed by atoms with E-state index < -0.39 is 5.82 Å². The Hall–Kier alpha value is -3.69. The van der Waals surface area contributed by atoms with Gasteiger partial charge in [-0.1, -0.05) is 12.1 Å². The molecule has 0 saturated carbocycles. The molecule has 0 aliphatic carbocycles. The SMILES string of the molecule is CN1CCN(c2ccc(-c3cnc4c(-c5cc(F)cc(C#N)c5)coc4c3)cc2)CC1. The second-order valence-electron chi connectivity index (χ2n) is 7.90. The van der Waals surface area contributed by atoms with Crippen LogP contribution in [0.5, 0.6) is 0 Å². The van der Waals surface area contributed by atoms with Gasteiger partial charge in [0.1, 0.15) is 17.6 Å². The van der Waals surface area contributed by atoms with E-state index in [1.807, 2.05) is 12.1 Å². The molecule has 0 atom stereocenters. The predicted octanol–water partition coefficient (Wildman–Crippen LogP) is 4.92. The third-order valence-electron chi connectivity index (χ3n) is 5.82. The smallest absolute Gasteiger partial charge is 0.153 e. The highest BCUT2D eigenvalue weighted by Crippen LogP contribution is 2.33. The molecule has 0 N–H and O–H groups in total. The zero-order valence-electron chi connectivity index (χ0n) is 17.2. The number of fused-ring (bicyclic) bond motifs is 1. The van der Waals surface area contributed by atoms with Gasteiger partial charge in [-0.2, -0.15) is 5.26 Å². The Labute approximate surface area is 180 Å². The zero-order chi connectivity index (χ0) is 21.4. The van der Waals surface area contributed by atoms with E-state index in [1.54, 1.807) is 18.5 Å². The van der Waals surface area contributed by atoms with Crippen LogP contribution in [0, 0.1) is 17.1 Å². The van der Waals surface area contributed by atoms with Crippen LogP contribution in [0.15, 0.2) is 65.4 Å². The van der Waals surface area contributed by atoms with Crippen LogP contribution in [0.4, 0.5) is 10.1 Å². The number of furan rings is 1. The maximum absolute atomic E-state index is 13.9. The van der Waals surface area contributed by atoms with Gasteiger partial charge in [0.15, 0.2) is 5.58 Å². The van der Waals surface area contributed by atoms with Crippen LogP contribution in [0.2, 0.25) is 0 Å². The van der Waals surface area contributed by atoms with Crippen molar-refractivity contribution in [3.8, 4) is 28.3 Å². The number of aromatic nitrogens is 1. The molecule has 6 heteroatoms. The highest BCUT2D eigenvalue weighted by Gasteiger charge is 2.15. The van der Waals surface area contributed by atoms with E-state index in [9.17, 15) is 4.39 Å². The van der Waals surface area contributed by atoms with Crippen LogP contribution in [0.3, 0.4) is 0 Å². The van der Waals surface area contributed by atoms with Crippen molar-refractivity contribution < 1.29 is 8.81 Å². The molecule has 154 valence electrons. The second-order valence-corrected chi connectivity index (χ2v) is 7.90. The molecule has 3 heterocycles. The van der Waals surface area contributed by atoms with E-state index >= 15 is 0 Å². The van der Waals surface area contributed by atoms with Gasteiger partial charge in [-0.3, -0.25) is 4.98 Å². The van der Waals surface area contributed by atoms with Crippen LogP contribution in [0.1, 0.15) is 5.56 Å². The van der Waals surface area contributed by atoms with Crippen LogP contribution < -0.4 is 4.90 Å². The van der Waals surface area contributed by atoms with E-state index in [-0.39, 0.29) is 5.56 Å². The molecule has 0 unspecified atom stereocenters. The molecule has 2 aromatic carbocycles. The quantitative estimate of drug-likeness (QED) is 0.478. The number of anilines is 1. The summed E-state index contributed by atoms with van der Waals surface area (Å²) in [6.07, 6.45) is 3.37. The zero-order valence-corrected chi connectivity index (χ0v) is 17.2. The fourth-order valence-electron chi connectivity index (χ4n) is 4.02. The minimum Gasteiger partial charge on any atom is -0.462 e. The molecule has 0 amide bonds. The first-order chi connectivity index (χ1) is 15.1. The molecule has 0 spiro atoms. The third-order valence-corrected chi connectivity index (χ3v) is 5.82. The van der Waals surface area contributed by atoms with Crippen molar-refractivity contribution in [2.45, 2.75) is 0 Å². The lowest BCUT2D eigenvalue weighted by atomic mass is 10.0. The molecular formula is C25H21FN4O. The summed E-state index contributed by atoms with van der Waals surface area (Å²) >= 11 is 0. The van der Waals surface area contributed by atoms with Gasteiger partial charge >= 0.3 is 0 Å². The van der Waals surface area contributed by atoms with Gasteiger partial charge < -0.3 is 14.2 Å². The number of nitrogens with zero attached hydrogens (tertiary/aromatic N) is 4. The number of likely N-dealkylation sites (N-methyl/N-ethyl adjacent to an activating group) is 1. The Morgan fingerprint density at radius 2 is 1.74 bits per heavy atom. The molecule has 2 aromatic heterocycles. The van der Waals surface area contributed by atoms with E-state index in [2.05, 4.69) is 46.1 Å². The molecule has 0 bridgehead atoms. The fourth-order valence-corrected chi connectivity index (χ4v) is 4.02. The standard InChI is InChI=1S/C25H21FN4O/c1-29-6-8-30(9-7-29)22-4-2-18(3-5-22)20-13-24-25(28-15-20)23(16-31-24)19-10-17(14-27)11-21(26)12-19/h2-5,10-13,15-16H,6-9H2,1H3. The maximum Gasteiger partial charge on any atom is 0.153 e. The van der Waals surface area contributed by atoms with Crippen molar-refractivity contribution in [3.05, 3.63) is 72.4 Å². The summed E-state index contributed by atoms with van der Waals surface area (Å²) in [5.74, 6) is -0.458. The Bertz CT molecular complexity index is 1280. The van der Waals surface area contributed by atoms with Crippen molar-refractivity contribution in [1.82, 2.24) is 9.88 Å². The summed E-state index contributed by atoms with van der Waals surface area (Å²) in [4.78, 5) is 9.33. The third kappa shape index (κ3) is 3.76. The molecule has 1 aliphatic heterocycles. The molecule has 1 fully saturated rings. The average Bonchev–Trinajstić information content (AvgIpc) is 3.22. The van der Waals surface area contributed by atoms with Crippen molar-refractivity contribution in [1.29, 1.82) is 5.26 Å². The first-order valence-electron chi connectivity index (χ1n) is 10.2. The maximum atomic E-state index is 13.9. The topological polar surface area (TPSA) is 56.3 Å². The van der Waals surface area contributed by atoms with E-state index in [0.717, 1.165) is 37.3 Å². The molecule has 1 aliphatic rings. The van der Waals surface area contributed by atoms with Crippen LogP contribution in [0.25, 0.3) is 33.4 Å². The van der Waals surface area contributed by atoms with Gasteiger partial charge in [0.25, 0.3) is 0 Å². The Kier molecular flexibility index (Phi) is 4.89. The lowest BCUT2D eigenvalue weighted by Crippen LogP contribution is -2.44. The highest BCUT2D eigenvalue weighted by molar-refractivity contribution is 5.92. The number of nitriles is 1. The Morgan fingerprint density at radius 3 is 2.48 bits per heavy atom. The lowest BCUT2D eigenvalue weighted by molar-refractivity contribution is 0.313. The largest absolute Gasteiger partial charge is 0.462 e. The Morgan fingerprint density at radius 1 is 0.968 bits per heavy atom. The summed E-state index contributed by atoms with van der Waals surface area (Å²) in [7, 11) is 2.15. The lowest BCUT2D eigenvalue weighted by Gasteiger charge is -2.34.